The van der Waals surface area contributed by atoms with Gasteiger partial charge in [0.1, 0.15) is 5.60 Å². The van der Waals surface area contributed by atoms with Crippen LogP contribution in [0.25, 0.3) is 0 Å². The first-order valence-corrected chi connectivity index (χ1v) is 5.30. The lowest BCUT2D eigenvalue weighted by Gasteiger charge is -2.21. The van der Waals surface area contributed by atoms with Gasteiger partial charge in [0.25, 0.3) is 0 Å². The quantitative estimate of drug-likeness (QED) is 0.756. The summed E-state index contributed by atoms with van der Waals surface area (Å²) < 4.78 is 4.54. The Kier molecular flexibility index (Phi) is 2.87. The molecule has 1 aromatic rings. The minimum atomic E-state index is -0.897. The van der Waals surface area contributed by atoms with E-state index in [1.807, 2.05) is 0 Å². The molecule has 1 fully saturated rings. The van der Waals surface area contributed by atoms with Crippen molar-refractivity contribution in [3.8, 4) is 0 Å². The lowest BCUT2D eigenvalue weighted by atomic mass is 9.98. The van der Waals surface area contributed by atoms with Crippen molar-refractivity contribution in [1.29, 1.82) is 0 Å². The van der Waals surface area contributed by atoms with Crippen LogP contribution in [-0.2, 0) is 10.3 Å². The van der Waals surface area contributed by atoms with Crippen molar-refractivity contribution in [2.45, 2.75) is 31.3 Å². The van der Waals surface area contributed by atoms with E-state index in [1.54, 1.807) is 6.07 Å². The monoisotopic (exact) mass is 222 g/mol. The second kappa shape index (κ2) is 4.17. The molecule has 16 heavy (non-hydrogen) atoms. The molecule has 0 aliphatic heterocycles. The maximum absolute atomic E-state index is 11.3. The number of esters is 1. The van der Waals surface area contributed by atoms with Crippen molar-refractivity contribution in [2.75, 3.05) is 7.11 Å². The predicted molar refractivity (Wildman–Crippen MR) is 55.7 cm³/mol. The first-order chi connectivity index (χ1) is 7.65. The number of hydrogen-bond donors (Lipinski definition) is 1. The Morgan fingerprint density at radius 3 is 2.81 bits per heavy atom. The molecule has 1 aliphatic carbocycles. The van der Waals surface area contributed by atoms with Crippen LogP contribution in [0.3, 0.4) is 0 Å². The summed E-state index contributed by atoms with van der Waals surface area (Å²) in [5, 5.41) is 10.3. The molecule has 0 radical (unpaired) electrons. The van der Waals surface area contributed by atoms with Crippen LogP contribution < -0.4 is 0 Å². The van der Waals surface area contributed by atoms with Crippen LogP contribution in [0.15, 0.2) is 12.3 Å². The molecule has 5 nitrogen and oxygen atoms in total. The Labute approximate surface area is 93.5 Å². The van der Waals surface area contributed by atoms with E-state index in [-0.39, 0.29) is 5.82 Å². The normalized spacial score (nSPS) is 18.4. The van der Waals surface area contributed by atoms with Gasteiger partial charge in [-0.05, 0) is 18.9 Å². The number of ether oxygens (including phenoxy) is 1. The van der Waals surface area contributed by atoms with Gasteiger partial charge in [-0.15, -0.1) is 0 Å². The molecule has 0 aromatic carbocycles. The second-order valence-electron chi connectivity index (χ2n) is 4.00. The van der Waals surface area contributed by atoms with Gasteiger partial charge in [-0.3, -0.25) is 0 Å². The van der Waals surface area contributed by atoms with E-state index in [1.165, 1.54) is 13.3 Å². The molecule has 2 rings (SSSR count). The molecule has 1 saturated carbocycles. The highest BCUT2D eigenvalue weighted by Gasteiger charge is 2.34. The molecule has 0 amide bonds. The number of carbonyl (C=O) groups is 1. The van der Waals surface area contributed by atoms with Gasteiger partial charge < -0.3 is 9.84 Å². The smallest absolute Gasteiger partial charge is 0.376 e. The van der Waals surface area contributed by atoms with Gasteiger partial charge in [0.05, 0.1) is 12.8 Å². The van der Waals surface area contributed by atoms with Gasteiger partial charge in [0, 0.05) is 6.20 Å². The van der Waals surface area contributed by atoms with Crippen LogP contribution in [0.4, 0.5) is 0 Å². The van der Waals surface area contributed by atoms with E-state index in [0.717, 1.165) is 12.8 Å². The fourth-order valence-corrected chi connectivity index (χ4v) is 2.02. The Morgan fingerprint density at radius 1 is 1.50 bits per heavy atom. The Balaban J connectivity index is 2.32. The predicted octanol–water partition coefficient (Wildman–Crippen LogP) is 1.02. The van der Waals surface area contributed by atoms with E-state index < -0.39 is 11.6 Å². The molecule has 0 atom stereocenters. The number of aliphatic hydroxyl groups is 1. The van der Waals surface area contributed by atoms with Crippen molar-refractivity contribution in [3.05, 3.63) is 23.8 Å². The van der Waals surface area contributed by atoms with Crippen LogP contribution in [0.2, 0.25) is 0 Å². The largest absolute Gasteiger partial charge is 0.463 e. The fourth-order valence-electron chi connectivity index (χ4n) is 2.02. The van der Waals surface area contributed by atoms with Crippen LogP contribution in [-0.4, -0.2) is 28.2 Å². The molecule has 0 unspecified atom stereocenters. The molecule has 5 heteroatoms. The van der Waals surface area contributed by atoms with Crippen LogP contribution >= 0.6 is 0 Å². The third kappa shape index (κ3) is 1.90. The first-order valence-electron chi connectivity index (χ1n) is 5.30. The third-order valence-corrected chi connectivity index (χ3v) is 2.93. The van der Waals surface area contributed by atoms with Crippen molar-refractivity contribution in [3.63, 3.8) is 0 Å². The molecular formula is C11H14N2O3. The summed E-state index contributed by atoms with van der Waals surface area (Å²) in [6.07, 6.45) is 4.81. The summed E-state index contributed by atoms with van der Waals surface area (Å²) in [6.45, 7) is 0. The average Bonchev–Trinajstić information content (AvgIpc) is 2.77. The number of hydrogen-bond acceptors (Lipinski definition) is 5. The topological polar surface area (TPSA) is 72.3 Å². The minimum absolute atomic E-state index is 0.000301. The summed E-state index contributed by atoms with van der Waals surface area (Å²) in [6, 6.07) is 1.65. The van der Waals surface area contributed by atoms with E-state index in [9.17, 15) is 9.90 Å². The SMILES string of the molecule is COC(=O)c1nccc(C2(O)CCCC2)n1. The Hall–Kier alpha value is -1.49. The maximum Gasteiger partial charge on any atom is 0.376 e. The molecule has 1 aliphatic rings. The number of carbonyl (C=O) groups excluding carboxylic acids is 1. The van der Waals surface area contributed by atoms with Gasteiger partial charge in [0.2, 0.25) is 5.82 Å². The van der Waals surface area contributed by atoms with Crippen molar-refractivity contribution in [1.82, 2.24) is 9.97 Å². The van der Waals surface area contributed by atoms with Crippen LogP contribution in [0.5, 0.6) is 0 Å². The number of methoxy groups -OCH3 is 1. The standard InChI is InChI=1S/C11H14N2O3/c1-16-10(14)9-12-7-4-8(13-9)11(15)5-2-3-6-11/h4,7,15H,2-3,5-6H2,1H3. The highest BCUT2D eigenvalue weighted by atomic mass is 16.5. The van der Waals surface area contributed by atoms with E-state index >= 15 is 0 Å². The van der Waals surface area contributed by atoms with Gasteiger partial charge in [-0.2, -0.15) is 0 Å². The van der Waals surface area contributed by atoms with Gasteiger partial charge in [-0.25, -0.2) is 14.8 Å². The van der Waals surface area contributed by atoms with Crippen molar-refractivity contribution >= 4 is 5.97 Å². The van der Waals surface area contributed by atoms with Crippen molar-refractivity contribution < 1.29 is 14.6 Å². The summed E-state index contributed by atoms with van der Waals surface area (Å²) in [5.74, 6) is -0.580. The highest BCUT2D eigenvalue weighted by molar-refractivity contribution is 5.84. The lowest BCUT2D eigenvalue weighted by molar-refractivity contribution is 0.0389. The van der Waals surface area contributed by atoms with Gasteiger partial charge in [-0.1, -0.05) is 12.8 Å². The number of aromatic nitrogens is 2. The first kappa shape index (κ1) is 11.0. The molecule has 0 bridgehead atoms. The lowest BCUT2D eigenvalue weighted by Crippen LogP contribution is -2.24. The zero-order chi connectivity index (χ0) is 11.6. The highest BCUT2D eigenvalue weighted by Crippen LogP contribution is 2.37. The van der Waals surface area contributed by atoms with Crippen molar-refractivity contribution in [2.24, 2.45) is 0 Å². The summed E-state index contributed by atoms with van der Waals surface area (Å²) in [4.78, 5) is 19.1. The molecule has 0 spiro atoms. The zero-order valence-corrected chi connectivity index (χ0v) is 9.14. The molecule has 1 heterocycles. The minimum Gasteiger partial charge on any atom is -0.463 e. The fraction of sp³-hybridized carbons (Fsp3) is 0.545. The van der Waals surface area contributed by atoms with E-state index in [0.29, 0.717) is 18.5 Å². The Morgan fingerprint density at radius 2 is 2.19 bits per heavy atom. The van der Waals surface area contributed by atoms with E-state index in [4.69, 9.17) is 0 Å². The molecular weight excluding hydrogens is 208 g/mol. The number of nitrogens with zero attached hydrogens (tertiary/aromatic N) is 2. The second-order valence-corrected chi connectivity index (χ2v) is 4.00. The number of rotatable bonds is 2. The average molecular weight is 222 g/mol. The summed E-state index contributed by atoms with van der Waals surface area (Å²) in [5.41, 5.74) is -0.383. The molecule has 1 N–H and O–H groups in total. The molecule has 1 aromatic heterocycles. The third-order valence-electron chi connectivity index (χ3n) is 2.93. The zero-order valence-electron chi connectivity index (χ0n) is 9.14. The molecule has 0 saturated heterocycles. The van der Waals surface area contributed by atoms with Crippen LogP contribution in [0, 0.1) is 0 Å². The van der Waals surface area contributed by atoms with Crippen LogP contribution in [0.1, 0.15) is 42.0 Å². The Bertz CT molecular complexity index is 400. The summed E-state index contributed by atoms with van der Waals surface area (Å²) >= 11 is 0. The van der Waals surface area contributed by atoms with Gasteiger partial charge in [0.15, 0.2) is 0 Å². The maximum atomic E-state index is 11.3. The summed E-state index contributed by atoms with van der Waals surface area (Å²) in [7, 11) is 1.28. The van der Waals surface area contributed by atoms with Gasteiger partial charge >= 0.3 is 5.97 Å². The van der Waals surface area contributed by atoms with E-state index in [2.05, 4.69) is 14.7 Å². The molecule has 86 valence electrons.